The number of carbonyl (C=O) groups excluding carboxylic acids is 1. The third-order valence-electron chi connectivity index (χ3n) is 6.97. The Balaban J connectivity index is 0.00000361. The summed E-state index contributed by atoms with van der Waals surface area (Å²) in [6.07, 6.45) is 2.08. The van der Waals surface area contributed by atoms with Crippen LogP contribution in [-0.2, 0) is 14.8 Å². The zero-order chi connectivity index (χ0) is 25.2. The summed E-state index contributed by atoms with van der Waals surface area (Å²) in [6.45, 7) is 12.4. The van der Waals surface area contributed by atoms with Crippen LogP contribution in [0.25, 0.3) is 0 Å². The number of hydrogen-bond donors (Lipinski definition) is 1. The van der Waals surface area contributed by atoms with Gasteiger partial charge in [-0.05, 0) is 56.6 Å². The van der Waals surface area contributed by atoms with E-state index in [9.17, 15) is 13.2 Å². The number of ether oxygens (including phenoxy) is 1. The van der Waals surface area contributed by atoms with Crippen LogP contribution in [-0.4, -0.2) is 99.5 Å². The smallest absolute Gasteiger partial charge is 0.268 e. The number of piperazine rings is 1. The maximum absolute atomic E-state index is 13.6. The largest absolute Gasteiger partial charge is 0.494 e. The third-order valence-corrected chi connectivity index (χ3v) is 8.87. The lowest BCUT2D eigenvalue weighted by atomic mass is 9.97. The molecule has 3 heterocycles. The molecule has 1 unspecified atom stereocenters. The molecule has 202 valence electrons. The van der Waals surface area contributed by atoms with E-state index >= 15 is 0 Å². The summed E-state index contributed by atoms with van der Waals surface area (Å²) >= 11 is 0. The number of likely N-dealkylation sites (N-methyl/N-ethyl adjacent to an activating group) is 1. The predicted octanol–water partition coefficient (Wildman–Crippen LogP) is 2.26. The van der Waals surface area contributed by atoms with Gasteiger partial charge >= 0.3 is 0 Å². The molecule has 11 heteroatoms. The second-order valence-electron chi connectivity index (χ2n) is 9.55. The molecule has 0 aromatic heterocycles. The normalized spacial score (nSPS) is 21.8. The van der Waals surface area contributed by atoms with Crippen molar-refractivity contribution in [1.82, 2.24) is 24.3 Å². The molecule has 36 heavy (non-hydrogen) atoms. The van der Waals surface area contributed by atoms with Gasteiger partial charge in [0.1, 0.15) is 11.4 Å². The third kappa shape index (κ3) is 5.67. The Bertz CT molecular complexity index is 1070. The zero-order valence-electron chi connectivity index (χ0n) is 21.8. The van der Waals surface area contributed by atoms with Crippen LogP contribution in [0.2, 0.25) is 0 Å². The van der Waals surface area contributed by atoms with Gasteiger partial charge in [0, 0.05) is 45.3 Å². The second kappa shape index (κ2) is 12.1. The van der Waals surface area contributed by atoms with E-state index in [1.165, 1.54) is 0 Å². The van der Waals surface area contributed by atoms with E-state index in [1.807, 2.05) is 18.9 Å². The molecule has 9 nitrogen and oxygen atoms in total. The van der Waals surface area contributed by atoms with Crippen LogP contribution >= 0.6 is 12.4 Å². The van der Waals surface area contributed by atoms with E-state index in [4.69, 9.17) is 4.74 Å². The summed E-state index contributed by atoms with van der Waals surface area (Å²) in [4.78, 5) is 19.8. The van der Waals surface area contributed by atoms with E-state index in [2.05, 4.69) is 29.0 Å². The first kappa shape index (κ1) is 28.7. The Morgan fingerprint density at radius 2 is 1.69 bits per heavy atom. The predicted molar refractivity (Wildman–Crippen MR) is 143 cm³/mol. The number of nitrogens with one attached hydrogen (secondary N) is 1. The topological polar surface area (TPSA) is 85.4 Å². The zero-order valence-corrected chi connectivity index (χ0v) is 23.5. The Labute approximate surface area is 221 Å². The molecule has 1 saturated heterocycles. The second-order valence-corrected chi connectivity index (χ2v) is 11.5. The molecule has 3 aliphatic heterocycles. The van der Waals surface area contributed by atoms with Crippen molar-refractivity contribution in [3.05, 3.63) is 35.0 Å². The van der Waals surface area contributed by atoms with Crippen molar-refractivity contribution in [1.29, 1.82) is 0 Å². The summed E-state index contributed by atoms with van der Waals surface area (Å²) in [7, 11) is -1.72. The molecule has 0 aliphatic carbocycles. The Hall–Kier alpha value is -1.85. The van der Waals surface area contributed by atoms with Crippen molar-refractivity contribution in [2.45, 2.75) is 44.6 Å². The van der Waals surface area contributed by atoms with Gasteiger partial charge < -0.3 is 19.9 Å². The van der Waals surface area contributed by atoms with Gasteiger partial charge in [0.2, 0.25) is 10.0 Å². The molecule has 1 atom stereocenters. The minimum Gasteiger partial charge on any atom is -0.494 e. The summed E-state index contributed by atoms with van der Waals surface area (Å²) < 4.78 is 34.6. The molecule has 0 radical (unpaired) electrons. The Morgan fingerprint density at radius 1 is 1.03 bits per heavy atom. The standard InChI is InChI=1S/C25H39N5O4S.ClH/c1-5-10-28-12-14-30(15-13-28)35(32,33)19-8-9-22(34-7-3)20(16-19)23-21-17-29(11-6-2)18-27(4)24(21)25(31)26-23;/h8-9,16,23H,5-7,10-15,17-18H2,1-4H3,(H,26,31);1H. The first-order chi connectivity index (χ1) is 16.8. The van der Waals surface area contributed by atoms with Crippen molar-refractivity contribution in [2.75, 3.05) is 66.1 Å². The molecule has 0 saturated carbocycles. The van der Waals surface area contributed by atoms with Crippen molar-refractivity contribution in [3.8, 4) is 5.75 Å². The molecule has 0 spiro atoms. The van der Waals surface area contributed by atoms with Gasteiger partial charge in [-0.2, -0.15) is 4.31 Å². The molecule has 1 aromatic rings. The number of sulfonamides is 1. The van der Waals surface area contributed by atoms with Crippen LogP contribution in [0.1, 0.15) is 45.2 Å². The first-order valence-corrected chi connectivity index (χ1v) is 14.2. The number of benzene rings is 1. The molecule has 3 aliphatic rings. The fourth-order valence-electron chi connectivity index (χ4n) is 5.41. The van der Waals surface area contributed by atoms with E-state index in [-0.39, 0.29) is 23.2 Å². The fraction of sp³-hybridized carbons (Fsp3) is 0.640. The van der Waals surface area contributed by atoms with Gasteiger partial charge in [-0.25, -0.2) is 8.42 Å². The molecule has 0 bridgehead atoms. The lowest BCUT2D eigenvalue weighted by Gasteiger charge is -2.35. The minimum absolute atomic E-state index is 0. The average molecular weight is 542 g/mol. The molecular weight excluding hydrogens is 502 g/mol. The van der Waals surface area contributed by atoms with Gasteiger partial charge in [0.05, 0.1) is 24.2 Å². The highest BCUT2D eigenvalue weighted by Gasteiger charge is 2.40. The van der Waals surface area contributed by atoms with Crippen LogP contribution < -0.4 is 10.1 Å². The lowest BCUT2D eigenvalue weighted by molar-refractivity contribution is -0.118. The number of carbonyl (C=O) groups is 1. The first-order valence-electron chi connectivity index (χ1n) is 12.8. The van der Waals surface area contributed by atoms with Gasteiger partial charge in [-0.15, -0.1) is 12.4 Å². The Kier molecular flexibility index (Phi) is 9.68. The number of amides is 1. The number of halogens is 1. The van der Waals surface area contributed by atoms with Crippen molar-refractivity contribution < 1.29 is 17.9 Å². The molecule has 1 aromatic carbocycles. The highest BCUT2D eigenvalue weighted by molar-refractivity contribution is 7.89. The quantitative estimate of drug-likeness (QED) is 0.513. The van der Waals surface area contributed by atoms with Gasteiger partial charge in [0.15, 0.2) is 0 Å². The SMILES string of the molecule is CCCN1CCN(S(=O)(=O)c2ccc(OCC)c(C3NC(=O)C4=C3CN(CCC)CN4C)c2)CC1.Cl. The van der Waals surface area contributed by atoms with E-state index in [1.54, 1.807) is 22.5 Å². The van der Waals surface area contributed by atoms with Gasteiger partial charge in [0.25, 0.3) is 5.91 Å². The maximum atomic E-state index is 13.6. The van der Waals surface area contributed by atoms with E-state index in [0.717, 1.165) is 44.6 Å². The monoisotopic (exact) mass is 541 g/mol. The average Bonchev–Trinajstić information content (AvgIpc) is 3.16. The fourth-order valence-corrected chi connectivity index (χ4v) is 6.86. The van der Waals surface area contributed by atoms with Crippen LogP contribution in [0, 0.1) is 0 Å². The molecule has 1 N–H and O–H groups in total. The molecule has 1 fully saturated rings. The maximum Gasteiger partial charge on any atom is 0.268 e. The number of rotatable bonds is 9. The summed E-state index contributed by atoms with van der Waals surface area (Å²) in [6, 6.07) is 4.65. The minimum atomic E-state index is -3.66. The van der Waals surface area contributed by atoms with Gasteiger partial charge in [-0.3, -0.25) is 9.69 Å². The van der Waals surface area contributed by atoms with Crippen molar-refractivity contribution in [2.24, 2.45) is 0 Å². The lowest BCUT2D eigenvalue weighted by Crippen LogP contribution is -2.48. The molecular formula is C25H40ClN5O4S. The molecule has 4 rings (SSSR count). The van der Waals surface area contributed by atoms with Crippen LogP contribution in [0.5, 0.6) is 5.75 Å². The summed E-state index contributed by atoms with van der Waals surface area (Å²) in [5.74, 6) is 0.486. The summed E-state index contributed by atoms with van der Waals surface area (Å²) in [5, 5.41) is 3.11. The molecule has 1 amide bonds. The highest BCUT2D eigenvalue weighted by atomic mass is 35.5. The number of hydrogen-bond acceptors (Lipinski definition) is 7. The van der Waals surface area contributed by atoms with Gasteiger partial charge in [-0.1, -0.05) is 13.8 Å². The Morgan fingerprint density at radius 3 is 2.33 bits per heavy atom. The van der Waals surface area contributed by atoms with Crippen molar-refractivity contribution >= 4 is 28.3 Å². The van der Waals surface area contributed by atoms with E-state index in [0.29, 0.717) is 49.9 Å². The highest BCUT2D eigenvalue weighted by Crippen LogP contribution is 2.39. The van der Waals surface area contributed by atoms with Crippen molar-refractivity contribution in [3.63, 3.8) is 0 Å². The van der Waals surface area contributed by atoms with Crippen LogP contribution in [0.15, 0.2) is 34.4 Å². The number of nitrogens with zero attached hydrogens (tertiary/aromatic N) is 4. The van der Waals surface area contributed by atoms with Crippen LogP contribution in [0.3, 0.4) is 0 Å². The van der Waals surface area contributed by atoms with Crippen LogP contribution in [0.4, 0.5) is 0 Å². The summed E-state index contributed by atoms with van der Waals surface area (Å²) in [5.41, 5.74) is 2.36. The van der Waals surface area contributed by atoms with E-state index < -0.39 is 16.1 Å².